The molecule has 0 radical (unpaired) electrons. The zero-order valence-corrected chi connectivity index (χ0v) is 14.1. The van der Waals surface area contributed by atoms with E-state index in [0.29, 0.717) is 11.5 Å². The molecule has 0 fully saturated rings. The Morgan fingerprint density at radius 3 is 2.78 bits per heavy atom. The Balaban J connectivity index is 1.55. The van der Waals surface area contributed by atoms with E-state index in [1.165, 1.54) is 16.8 Å². The minimum absolute atomic E-state index is 0.0407. The molecule has 2 aromatic carbocycles. The summed E-state index contributed by atoms with van der Waals surface area (Å²) >= 11 is 0. The van der Waals surface area contributed by atoms with Crippen molar-refractivity contribution < 1.29 is 13.7 Å². The molecule has 2 heterocycles. The lowest BCUT2D eigenvalue weighted by atomic mass is 10.1. The first kappa shape index (κ1) is 16.6. The Hall–Kier alpha value is -3.88. The summed E-state index contributed by atoms with van der Waals surface area (Å²) in [6.07, 6.45) is 0. The van der Waals surface area contributed by atoms with Crippen LogP contribution in [0.15, 0.2) is 59.1 Å². The van der Waals surface area contributed by atoms with Crippen LogP contribution < -0.4 is 5.32 Å². The lowest BCUT2D eigenvalue weighted by Crippen LogP contribution is -2.12. The fourth-order valence-electron chi connectivity index (χ4n) is 2.58. The maximum atomic E-state index is 13.8. The van der Waals surface area contributed by atoms with Gasteiger partial charge in [0.05, 0.1) is 5.56 Å². The largest absolute Gasteiger partial charge is 0.355 e. The number of hydrogen-bond donors (Lipinski definition) is 1. The molecule has 2 aromatic heterocycles. The highest BCUT2D eigenvalue weighted by molar-refractivity contribution is 6.03. The zero-order chi connectivity index (χ0) is 18.8. The fourth-order valence-corrected chi connectivity index (χ4v) is 2.58. The van der Waals surface area contributed by atoms with Gasteiger partial charge >= 0.3 is 0 Å². The molecule has 0 bridgehead atoms. The van der Waals surface area contributed by atoms with E-state index in [1.807, 2.05) is 6.07 Å². The molecule has 0 aliphatic heterocycles. The molecule has 0 saturated carbocycles. The van der Waals surface area contributed by atoms with Crippen LogP contribution in [0.5, 0.6) is 0 Å². The van der Waals surface area contributed by atoms with Gasteiger partial charge in [0.1, 0.15) is 5.82 Å². The number of anilines is 1. The lowest BCUT2D eigenvalue weighted by Gasteiger charge is -2.05. The quantitative estimate of drug-likeness (QED) is 0.598. The molecule has 0 aliphatic rings. The van der Waals surface area contributed by atoms with Crippen molar-refractivity contribution in [1.29, 1.82) is 0 Å². The van der Waals surface area contributed by atoms with Gasteiger partial charge in [-0.1, -0.05) is 29.4 Å². The molecule has 0 saturated heterocycles. The predicted octanol–water partition coefficient (Wildman–Crippen LogP) is 2.92. The number of benzene rings is 2. The van der Waals surface area contributed by atoms with Crippen LogP contribution in [0.25, 0.3) is 22.7 Å². The number of rotatable bonds is 4. The number of aryl methyl sites for hydroxylation is 1. The molecule has 0 unspecified atom stereocenters. The van der Waals surface area contributed by atoms with Crippen molar-refractivity contribution in [3.63, 3.8) is 0 Å². The second-order valence-electron chi connectivity index (χ2n) is 5.72. The second-order valence-corrected chi connectivity index (χ2v) is 5.72. The van der Waals surface area contributed by atoms with Gasteiger partial charge in [-0.15, -0.1) is 5.10 Å². The summed E-state index contributed by atoms with van der Waals surface area (Å²) in [4.78, 5) is 12.4. The number of aromatic nitrogens is 5. The second kappa shape index (κ2) is 6.79. The van der Waals surface area contributed by atoms with Crippen molar-refractivity contribution >= 4 is 11.6 Å². The van der Waals surface area contributed by atoms with Crippen LogP contribution in [0.2, 0.25) is 0 Å². The van der Waals surface area contributed by atoms with Crippen LogP contribution in [-0.2, 0) is 7.05 Å². The maximum absolute atomic E-state index is 13.8. The van der Waals surface area contributed by atoms with E-state index in [0.717, 1.165) is 5.56 Å². The van der Waals surface area contributed by atoms with Gasteiger partial charge in [0, 0.05) is 24.4 Å². The van der Waals surface area contributed by atoms with Gasteiger partial charge in [-0.3, -0.25) is 4.79 Å². The third kappa shape index (κ3) is 3.30. The first-order chi connectivity index (χ1) is 13.1. The standard InChI is InChI=1S/C18H13FN6O2/c1-25-17(21-23-24-25)11-5-4-6-12(9-11)20-18(26)15-10-16(27-22-15)13-7-2-3-8-14(13)19/h2-10H,1H3,(H,20,26). The SMILES string of the molecule is Cn1nnnc1-c1cccc(NC(=O)c2cc(-c3ccccc3F)on2)c1. The average Bonchev–Trinajstić information content (AvgIpc) is 3.31. The molecule has 9 heteroatoms. The van der Waals surface area contributed by atoms with Gasteiger partial charge in [-0.05, 0) is 34.7 Å². The summed E-state index contributed by atoms with van der Waals surface area (Å²) in [7, 11) is 1.72. The van der Waals surface area contributed by atoms with Crippen molar-refractivity contribution in [1.82, 2.24) is 25.4 Å². The van der Waals surface area contributed by atoms with Gasteiger partial charge < -0.3 is 9.84 Å². The molecule has 27 heavy (non-hydrogen) atoms. The number of carbonyl (C=O) groups is 1. The normalized spacial score (nSPS) is 10.7. The summed E-state index contributed by atoms with van der Waals surface area (Å²) in [5.41, 5.74) is 1.56. The van der Waals surface area contributed by atoms with Crippen LogP contribution in [0, 0.1) is 5.82 Å². The third-order valence-electron chi connectivity index (χ3n) is 3.88. The molecule has 0 atom stereocenters. The molecule has 1 N–H and O–H groups in total. The zero-order valence-electron chi connectivity index (χ0n) is 14.1. The van der Waals surface area contributed by atoms with E-state index < -0.39 is 11.7 Å². The molecular formula is C18H13FN6O2. The minimum Gasteiger partial charge on any atom is -0.355 e. The van der Waals surface area contributed by atoms with Gasteiger partial charge in [0.25, 0.3) is 5.91 Å². The Bertz CT molecular complexity index is 1120. The van der Waals surface area contributed by atoms with E-state index in [9.17, 15) is 9.18 Å². The number of halogens is 1. The Labute approximate surface area is 152 Å². The summed E-state index contributed by atoms with van der Waals surface area (Å²) in [6, 6.07) is 14.6. The first-order valence-electron chi connectivity index (χ1n) is 7.97. The van der Waals surface area contributed by atoms with Gasteiger partial charge in [-0.2, -0.15) is 0 Å². The molecule has 0 spiro atoms. The summed E-state index contributed by atoms with van der Waals surface area (Å²) in [5, 5.41) is 17.8. The number of amides is 1. The van der Waals surface area contributed by atoms with Crippen LogP contribution in [0.3, 0.4) is 0 Å². The van der Waals surface area contributed by atoms with E-state index in [4.69, 9.17) is 4.52 Å². The minimum atomic E-state index is -0.477. The number of nitrogens with zero attached hydrogens (tertiary/aromatic N) is 5. The number of nitrogens with one attached hydrogen (secondary N) is 1. The van der Waals surface area contributed by atoms with Crippen LogP contribution in [0.4, 0.5) is 10.1 Å². The molecule has 0 aliphatic carbocycles. The summed E-state index contributed by atoms with van der Waals surface area (Å²) in [5.74, 6) is -0.188. The lowest BCUT2D eigenvalue weighted by molar-refractivity contribution is 0.101. The molecule has 4 rings (SSSR count). The highest BCUT2D eigenvalue weighted by Gasteiger charge is 2.16. The molecule has 1 amide bonds. The van der Waals surface area contributed by atoms with Crippen molar-refractivity contribution in [3.8, 4) is 22.7 Å². The molecule has 134 valence electrons. The highest BCUT2D eigenvalue weighted by atomic mass is 19.1. The van der Waals surface area contributed by atoms with Crippen molar-refractivity contribution in [2.24, 2.45) is 7.05 Å². The number of tetrazole rings is 1. The van der Waals surface area contributed by atoms with Crippen LogP contribution >= 0.6 is 0 Å². The van der Waals surface area contributed by atoms with E-state index in [2.05, 4.69) is 26.0 Å². The Morgan fingerprint density at radius 2 is 2.00 bits per heavy atom. The Kier molecular flexibility index (Phi) is 4.17. The topological polar surface area (TPSA) is 98.7 Å². The number of hydrogen-bond acceptors (Lipinski definition) is 6. The van der Waals surface area contributed by atoms with Crippen molar-refractivity contribution in [2.45, 2.75) is 0 Å². The van der Waals surface area contributed by atoms with Crippen LogP contribution in [0.1, 0.15) is 10.5 Å². The smallest absolute Gasteiger partial charge is 0.277 e. The van der Waals surface area contributed by atoms with Crippen molar-refractivity contribution in [2.75, 3.05) is 5.32 Å². The Morgan fingerprint density at radius 1 is 1.15 bits per heavy atom. The summed E-state index contributed by atoms with van der Waals surface area (Å²) in [6.45, 7) is 0. The van der Waals surface area contributed by atoms with Gasteiger partial charge in [0.2, 0.25) is 0 Å². The van der Waals surface area contributed by atoms with E-state index in [-0.39, 0.29) is 17.0 Å². The predicted molar refractivity (Wildman–Crippen MR) is 94.1 cm³/mol. The highest BCUT2D eigenvalue weighted by Crippen LogP contribution is 2.24. The monoisotopic (exact) mass is 364 g/mol. The molecule has 8 nitrogen and oxygen atoms in total. The van der Waals surface area contributed by atoms with E-state index in [1.54, 1.807) is 43.4 Å². The summed E-state index contributed by atoms with van der Waals surface area (Å²) < 4.78 is 20.5. The van der Waals surface area contributed by atoms with Gasteiger partial charge in [0.15, 0.2) is 17.3 Å². The van der Waals surface area contributed by atoms with Crippen LogP contribution in [-0.4, -0.2) is 31.3 Å². The maximum Gasteiger partial charge on any atom is 0.277 e. The third-order valence-corrected chi connectivity index (χ3v) is 3.88. The average molecular weight is 364 g/mol. The molecular weight excluding hydrogens is 351 g/mol. The molecule has 4 aromatic rings. The number of carbonyl (C=O) groups excluding carboxylic acids is 1. The van der Waals surface area contributed by atoms with E-state index >= 15 is 0 Å². The first-order valence-corrected chi connectivity index (χ1v) is 7.97. The van der Waals surface area contributed by atoms with Crippen molar-refractivity contribution in [3.05, 3.63) is 66.1 Å². The fraction of sp³-hybridized carbons (Fsp3) is 0.0556. The van der Waals surface area contributed by atoms with Gasteiger partial charge in [-0.25, -0.2) is 9.07 Å².